The minimum Gasteiger partial charge on any atom is -0.351 e. The molecule has 1 aromatic rings. The third-order valence-corrected chi connectivity index (χ3v) is 4.95. The van der Waals surface area contributed by atoms with Crippen LogP contribution in [0.2, 0.25) is 0 Å². The molecule has 0 saturated carbocycles. The molecule has 0 unspecified atom stereocenters. The third kappa shape index (κ3) is 8.14. The number of benzene rings is 1. The van der Waals surface area contributed by atoms with Gasteiger partial charge in [0.25, 0.3) is 0 Å². The van der Waals surface area contributed by atoms with Crippen LogP contribution >= 0.6 is 0 Å². The Morgan fingerprint density at radius 1 is 1.07 bits per heavy atom. The average molecular weight is 413 g/mol. The third-order valence-electron chi connectivity index (χ3n) is 4.95. The molecule has 0 atom stereocenters. The summed E-state index contributed by atoms with van der Waals surface area (Å²) in [6.45, 7) is 9.30. The largest absolute Gasteiger partial charge is 0.416 e. The molecule has 1 aliphatic rings. The Balaban J connectivity index is 1.74. The van der Waals surface area contributed by atoms with E-state index in [2.05, 4.69) is 15.1 Å². The second kappa shape index (κ2) is 9.71. The summed E-state index contributed by atoms with van der Waals surface area (Å²) in [5.41, 5.74) is -0.514. The number of rotatable bonds is 8. The molecule has 1 heterocycles. The molecule has 1 saturated heterocycles. The lowest BCUT2D eigenvalue weighted by molar-refractivity contribution is -0.137. The molecule has 1 aliphatic heterocycles. The van der Waals surface area contributed by atoms with Gasteiger partial charge in [-0.1, -0.05) is 18.2 Å². The van der Waals surface area contributed by atoms with Gasteiger partial charge in [0, 0.05) is 57.6 Å². The molecule has 0 radical (unpaired) electrons. The van der Waals surface area contributed by atoms with Crippen molar-refractivity contribution in [2.75, 3.05) is 32.7 Å². The number of hydrogen-bond donors (Lipinski definition) is 1. The number of carbonyl (C=O) groups is 2. The second-order valence-corrected chi connectivity index (χ2v) is 8.38. The fourth-order valence-corrected chi connectivity index (χ4v) is 3.64. The van der Waals surface area contributed by atoms with Gasteiger partial charge < -0.3 is 10.2 Å². The summed E-state index contributed by atoms with van der Waals surface area (Å²) in [6.07, 6.45) is -3.67. The van der Waals surface area contributed by atoms with E-state index < -0.39 is 17.3 Å². The first kappa shape index (κ1) is 23.3. The fraction of sp³-hybridized carbons (Fsp3) is 0.619. The van der Waals surface area contributed by atoms with Gasteiger partial charge in [0.05, 0.1) is 5.56 Å². The van der Waals surface area contributed by atoms with E-state index in [9.17, 15) is 22.8 Å². The van der Waals surface area contributed by atoms with Gasteiger partial charge in [-0.15, -0.1) is 0 Å². The van der Waals surface area contributed by atoms with Crippen LogP contribution in [-0.4, -0.2) is 59.8 Å². The van der Waals surface area contributed by atoms with Crippen LogP contribution in [-0.2, 0) is 22.3 Å². The minimum atomic E-state index is -4.33. The number of amides is 1. The first-order valence-electron chi connectivity index (χ1n) is 9.86. The number of Topliss-reactive ketones (excluding diaryl/α,β-unsaturated/α-hetero) is 1. The van der Waals surface area contributed by atoms with Gasteiger partial charge in [0.15, 0.2) is 0 Å². The number of nitrogens with zero attached hydrogens (tertiary/aromatic N) is 2. The minimum absolute atomic E-state index is 0.0344. The van der Waals surface area contributed by atoms with E-state index in [1.165, 1.54) is 19.1 Å². The number of piperazine rings is 1. The summed E-state index contributed by atoms with van der Waals surface area (Å²) < 4.78 is 38.5. The zero-order valence-electron chi connectivity index (χ0n) is 17.3. The van der Waals surface area contributed by atoms with Gasteiger partial charge in [0.2, 0.25) is 5.91 Å². The Morgan fingerprint density at radius 3 is 2.28 bits per heavy atom. The van der Waals surface area contributed by atoms with Gasteiger partial charge in [-0.25, -0.2) is 0 Å². The normalized spacial score (nSPS) is 16.6. The van der Waals surface area contributed by atoms with Crippen LogP contribution in [0.25, 0.3) is 0 Å². The zero-order chi connectivity index (χ0) is 21.7. The van der Waals surface area contributed by atoms with Crippen LogP contribution in [0.3, 0.4) is 0 Å². The molecule has 0 aliphatic carbocycles. The van der Waals surface area contributed by atoms with Crippen LogP contribution in [0.4, 0.5) is 13.2 Å². The number of alkyl halides is 3. The highest BCUT2D eigenvalue weighted by atomic mass is 19.4. The van der Waals surface area contributed by atoms with Crippen molar-refractivity contribution in [1.82, 2.24) is 15.1 Å². The molecule has 5 nitrogen and oxygen atoms in total. The van der Waals surface area contributed by atoms with E-state index in [1.807, 2.05) is 13.8 Å². The smallest absolute Gasteiger partial charge is 0.351 e. The van der Waals surface area contributed by atoms with Gasteiger partial charge in [0.1, 0.15) is 5.78 Å². The summed E-state index contributed by atoms with van der Waals surface area (Å²) in [7, 11) is 0. The summed E-state index contributed by atoms with van der Waals surface area (Å²) in [6, 6.07) is 5.46. The Bertz CT molecular complexity index is 711. The number of carbonyl (C=O) groups excluding carboxylic acids is 2. The van der Waals surface area contributed by atoms with Crippen molar-refractivity contribution in [3.8, 4) is 0 Å². The van der Waals surface area contributed by atoms with Crippen molar-refractivity contribution in [2.45, 2.75) is 51.9 Å². The molecule has 29 heavy (non-hydrogen) atoms. The predicted octanol–water partition coefficient (Wildman–Crippen LogP) is 3.09. The summed E-state index contributed by atoms with van der Waals surface area (Å²) >= 11 is 0. The Kier molecular flexibility index (Phi) is 7.82. The number of halogens is 3. The maximum Gasteiger partial charge on any atom is 0.416 e. The maximum absolute atomic E-state index is 12.8. The van der Waals surface area contributed by atoms with Crippen LogP contribution in [0.15, 0.2) is 24.3 Å². The van der Waals surface area contributed by atoms with E-state index in [1.54, 1.807) is 6.07 Å². The average Bonchev–Trinajstić information content (AvgIpc) is 2.59. The van der Waals surface area contributed by atoms with Crippen molar-refractivity contribution in [2.24, 2.45) is 0 Å². The fourth-order valence-electron chi connectivity index (χ4n) is 3.64. The molecule has 0 spiro atoms. The topological polar surface area (TPSA) is 52.7 Å². The molecule has 2 rings (SSSR count). The van der Waals surface area contributed by atoms with E-state index in [4.69, 9.17) is 0 Å². The SMILES string of the molecule is CC(=O)CC(C)(C)NC(=O)CCN1CCN(Cc2cccc(C(F)(F)F)c2)CC1. The highest BCUT2D eigenvalue weighted by Crippen LogP contribution is 2.29. The van der Waals surface area contributed by atoms with Crippen LogP contribution in [0, 0.1) is 0 Å². The molecular weight excluding hydrogens is 383 g/mol. The summed E-state index contributed by atoms with van der Waals surface area (Å²) in [4.78, 5) is 27.7. The zero-order valence-corrected chi connectivity index (χ0v) is 17.3. The van der Waals surface area contributed by atoms with Crippen molar-refractivity contribution in [3.63, 3.8) is 0 Å². The van der Waals surface area contributed by atoms with E-state index in [0.29, 0.717) is 31.5 Å². The Morgan fingerprint density at radius 2 is 1.69 bits per heavy atom. The highest BCUT2D eigenvalue weighted by molar-refractivity contribution is 5.80. The van der Waals surface area contributed by atoms with Gasteiger partial charge in [-0.05, 0) is 32.4 Å². The lowest BCUT2D eigenvalue weighted by Crippen LogP contribution is -2.48. The molecule has 162 valence electrons. The van der Waals surface area contributed by atoms with Crippen LogP contribution < -0.4 is 5.32 Å². The van der Waals surface area contributed by atoms with E-state index in [0.717, 1.165) is 32.2 Å². The van der Waals surface area contributed by atoms with E-state index >= 15 is 0 Å². The van der Waals surface area contributed by atoms with Crippen molar-refractivity contribution >= 4 is 11.7 Å². The molecule has 1 fully saturated rings. The highest BCUT2D eigenvalue weighted by Gasteiger charge is 2.30. The lowest BCUT2D eigenvalue weighted by Gasteiger charge is -2.35. The lowest BCUT2D eigenvalue weighted by atomic mass is 9.98. The molecule has 1 N–H and O–H groups in total. The van der Waals surface area contributed by atoms with Gasteiger partial charge >= 0.3 is 6.18 Å². The number of nitrogens with one attached hydrogen (secondary N) is 1. The van der Waals surface area contributed by atoms with Crippen molar-refractivity contribution in [3.05, 3.63) is 35.4 Å². The maximum atomic E-state index is 12.8. The van der Waals surface area contributed by atoms with Crippen molar-refractivity contribution in [1.29, 1.82) is 0 Å². The summed E-state index contributed by atoms with van der Waals surface area (Å²) in [5, 5.41) is 2.90. The van der Waals surface area contributed by atoms with Crippen LogP contribution in [0.1, 0.15) is 44.7 Å². The predicted molar refractivity (Wildman–Crippen MR) is 105 cm³/mol. The second-order valence-electron chi connectivity index (χ2n) is 8.38. The van der Waals surface area contributed by atoms with Gasteiger partial charge in [-0.2, -0.15) is 13.2 Å². The molecule has 0 aromatic heterocycles. The first-order valence-corrected chi connectivity index (χ1v) is 9.86. The quantitative estimate of drug-likeness (QED) is 0.712. The molecular formula is C21H30F3N3O2. The Hall–Kier alpha value is -1.93. The molecule has 8 heteroatoms. The summed E-state index contributed by atoms with van der Waals surface area (Å²) in [5.74, 6) is -0.0464. The Labute approximate surface area is 170 Å². The number of ketones is 1. The van der Waals surface area contributed by atoms with Crippen LogP contribution in [0.5, 0.6) is 0 Å². The monoisotopic (exact) mass is 413 g/mol. The van der Waals surface area contributed by atoms with Gasteiger partial charge in [-0.3, -0.25) is 14.5 Å². The number of hydrogen-bond acceptors (Lipinski definition) is 4. The van der Waals surface area contributed by atoms with Crippen molar-refractivity contribution < 1.29 is 22.8 Å². The standard InChI is InChI=1S/C21H30F3N3O2/c1-16(28)14-20(2,3)25-19(29)7-8-26-9-11-27(12-10-26)15-17-5-4-6-18(13-17)21(22,23)24/h4-6,13H,7-12,14-15H2,1-3H3,(H,25,29). The molecule has 0 bridgehead atoms. The molecule has 1 amide bonds. The molecule has 1 aromatic carbocycles. The first-order chi connectivity index (χ1) is 13.4. The van der Waals surface area contributed by atoms with E-state index in [-0.39, 0.29) is 11.7 Å².